The maximum Gasteiger partial charge on any atom is 0.0751 e. The molecule has 0 saturated heterocycles. The van der Waals surface area contributed by atoms with Crippen molar-refractivity contribution in [3.63, 3.8) is 0 Å². The molecule has 1 heteroatoms. The molecule has 1 N–H and O–H groups in total. The maximum absolute atomic E-state index is 10.4. The molecule has 0 aromatic heterocycles. The summed E-state index contributed by atoms with van der Waals surface area (Å²) in [4.78, 5) is 0. The van der Waals surface area contributed by atoms with Gasteiger partial charge in [-0.15, -0.1) is 0 Å². The third-order valence-electron chi connectivity index (χ3n) is 4.30. The highest BCUT2D eigenvalue weighted by Gasteiger charge is 2.33. The zero-order valence-electron chi connectivity index (χ0n) is 12.0. The van der Waals surface area contributed by atoms with Gasteiger partial charge in [-0.25, -0.2) is 0 Å². The Labute approximate surface area is 107 Å². The third-order valence-corrected chi connectivity index (χ3v) is 4.30. The van der Waals surface area contributed by atoms with E-state index in [0.717, 1.165) is 18.8 Å². The second kappa shape index (κ2) is 7.20. The van der Waals surface area contributed by atoms with Crippen LogP contribution in [0.25, 0.3) is 0 Å². The predicted molar refractivity (Wildman–Crippen MR) is 74.9 cm³/mol. The molecular formula is C16H30O. The van der Waals surface area contributed by atoms with E-state index in [-0.39, 0.29) is 6.10 Å². The standard InChI is InChI=1S/C16H30O/c1-5-6-7-8-16(17)15-11-13(4)9-10-14(15)12(2)3/h7-8,12-17H,5-6,9-11H2,1-4H3/b8-7+/t13-,14+,15-,16-/m1/s1. The van der Waals surface area contributed by atoms with Crippen molar-refractivity contribution >= 4 is 0 Å². The van der Waals surface area contributed by atoms with Gasteiger partial charge < -0.3 is 5.11 Å². The molecule has 1 saturated carbocycles. The van der Waals surface area contributed by atoms with Crippen molar-refractivity contribution in [2.45, 2.75) is 65.9 Å². The molecule has 0 amide bonds. The molecule has 17 heavy (non-hydrogen) atoms. The van der Waals surface area contributed by atoms with Gasteiger partial charge in [0.05, 0.1) is 6.10 Å². The van der Waals surface area contributed by atoms with Gasteiger partial charge in [0.2, 0.25) is 0 Å². The molecule has 100 valence electrons. The molecule has 0 bridgehead atoms. The molecule has 0 aromatic rings. The SMILES string of the molecule is CCC/C=C/[C@@H](O)[C@@H]1C[C@H](C)CC[C@H]1C(C)C. The van der Waals surface area contributed by atoms with Gasteiger partial charge in [0.1, 0.15) is 0 Å². The lowest BCUT2D eigenvalue weighted by Gasteiger charge is -2.39. The molecule has 0 aromatic carbocycles. The van der Waals surface area contributed by atoms with Crippen molar-refractivity contribution in [1.29, 1.82) is 0 Å². The van der Waals surface area contributed by atoms with Crippen molar-refractivity contribution in [2.24, 2.45) is 23.7 Å². The van der Waals surface area contributed by atoms with Gasteiger partial charge in [-0.05, 0) is 42.9 Å². The molecule has 0 unspecified atom stereocenters. The summed E-state index contributed by atoms with van der Waals surface area (Å²) in [5.41, 5.74) is 0. The molecule has 1 aliphatic carbocycles. The zero-order valence-corrected chi connectivity index (χ0v) is 12.0. The summed E-state index contributed by atoms with van der Waals surface area (Å²) in [6.07, 6.45) is 10.1. The first-order chi connectivity index (χ1) is 8.06. The Kier molecular flexibility index (Phi) is 6.26. The topological polar surface area (TPSA) is 20.2 Å². The highest BCUT2D eigenvalue weighted by molar-refractivity contribution is 4.96. The van der Waals surface area contributed by atoms with Crippen LogP contribution in [0.5, 0.6) is 0 Å². The van der Waals surface area contributed by atoms with Crippen LogP contribution in [0, 0.1) is 23.7 Å². The summed E-state index contributed by atoms with van der Waals surface area (Å²) < 4.78 is 0. The first kappa shape index (κ1) is 14.8. The molecule has 0 spiro atoms. The number of hydrogen-bond donors (Lipinski definition) is 1. The van der Waals surface area contributed by atoms with Crippen molar-refractivity contribution in [3.05, 3.63) is 12.2 Å². The number of allylic oxidation sites excluding steroid dienone is 1. The van der Waals surface area contributed by atoms with Gasteiger partial charge in [-0.1, -0.05) is 52.7 Å². The lowest BCUT2D eigenvalue weighted by atomic mass is 9.68. The highest BCUT2D eigenvalue weighted by Crippen LogP contribution is 2.40. The summed E-state index contributed by atoms with van der Waals surface area (Å²) in [5, 5.41) is 10.4. The molecule has 1 rings (SSSR count). The van der Waals surface area contributed by atoms with Crippen LogP contribution in [-0.4, -0.2) is 11.2 Å². The molecule has 0 radical (unpaired) electrons. The fraction of sp³-hybridized carbons (Fsp3) is 0.875. The number of aliphatic hydroxyl groups excluding tert-OH is 1. The van der Waals surface area contributed by atoms with E-state index >= 15 is 0 Å². The second-order valence-electron chi connectivity index (χ2n) is 6.20. The third kappa shape index (κ3) is 4.46. The van der Waals surface area contributed by atoms with E-state index < -0.39 is 0 Å². The Morgan fingerprint density at radius 3 is 2.53 bits per heavy atom. The van der Waals surface area contributed by atoms with Crippen LogP contribution in [-0.2, 0) is 0 Å². The lowest BCUT2D eigenvalue weighted by molar-refractivity contribution is 0.0425. The molecule has 0 aliphatic heterocycles. The highest BCUT2D eigenvalue weighted by atomic mass is 16.3. The normalized spacial score (nSPS) is 32.2. The molecule has 4 atom stereocenters. The van der Waals surface area contributed by atoms with Gasteiger partial charge >= 0.3 is 0 Å². The van der Waals surface area contributed by atoms with Crippen molar-refractivity contribution in [1.82, 2.24) is 0 Å². The average Bonchev–Trinajstić information content (AvgIpc) is 2.28. The first-order valence-corrected chi connectivity index (χ1v) is 7.41. The van der Waals surface area contributed by atoms with Crippen molar-refractivity contribution < 1.29 is 5.11 Å². The van der Waals surface area contributed by atoms with Gasteiger partial charge in [0.15, 0.2) is 0 Å². The monoisotopic (exact) mass is 238 g/mol. The van der Waals surface area contributed by atoms with E-state index in [4.69, 9.17) is 0 Å². The van der Waals surface area contributed by atoms with E-state index in [1.54, 1.807) is 0 Å². The van der Waals surface area contributed by atoms with E-state index in [0.29, 0.717) is 17.8 Å². The number of rotatable bonds is 5. The van der Waals surface area contributed by atoms with E-state index in [1.807, 2.05) is 6.08 Å². The summed E-state index contributed by atoms with van der Waals surface area (Å²) >= 11 is 0. The minimum Gasteiger partial charge on any atom is -0.389 e. The lowest BCUT2D eigenvalue weighted by Crippen LogP contribution is -2.35. The average molecular weight is 238 g/mol. The Balaban J connectivity index is 2.61. The zero-order chi connectivity index (χ0) is 12.8. The van der Waals surface area contributed by atoms with Gasteiger partial charge in [-0.3, -0.25) is 0 Å². The summed E-state index contributed by atoms with van der Waals surface area (Å²) in [6, 6.07) is 0. The fourth-order valence-corrected chi connectivity index (χ4v) is 3.21. The smallest absolute Gasteiger partial charge is 0.0751 e. The summed E-state index contributed by atoms with van der Waals surface area (Å²) in [7, 11) is 0. The van der Waals surface area contributed by atoms with E-state index in [2.05, 4.69) is 33.8 Å². The van der Waals surface area contributed by atoms with Crippen molar-refractivity contribution in [3.8, 4) is 0 Å². The predicted octanol–water partition coefficient (Wildman–Crippen LogP) is 4.41. The van der Waals surface area contributed by atoms with Crippen LogP contribution >= 0.6 is 0 Å². The number of aliphatic hydroxyl groups is 1. The number of hydrogen-bond acceptors (Lipinski definition) is 1. The Hall–Kier alpha value is -0.300. The number of unbranched alkanes of at least 4 members (excludes halogenated alkanes) is 1. The van der Waals surface area contributed by atoms with E-state index in [1.165, 1.54) is 19.3 Å². The molecule has 0 heterocycles. The van der Waals surface area contributed by atoms with Gasteiger partial charge in [0, 0.05) is 0 Å². The van der Waals surface area contributed by atoms with Gasteiger partial charge in [-0.2, -0.15) is 0 Å². The Bertz CT molecular complexity index is 232. The molecular weight excluding hydrogens is 208 g/mol. The van der Waals surface area contributed by atoms with Crippen LogP contribution in [0.4, 0.5) is 0 Å². The fourth-order valence-electron chi connectivity index (χ4n) is 3.21. The van der Waals surface area contributed by atoms with Crippen LogP contribution in [0.1, 0.15) is 59.8 Å². The largest absolute Gasteiger partial charge is 0.389 e. The van der Waals surface area contributed by atoms with Crippen LogP contribution in [0.15, 0.2) is 12.2 Å². The first-order valence-electron chi connectivity index (χ1n) is 7.41. The summed E-state index contributed by atoms with van der Waals surface area (Å²) in [6.45, 7) is 9.11. The van der Waals surface area contributed by atoms with Crippen LogP contribution in [0.3, 0.4) is 0 Å². The minimum absolute atomic E-state index is 0.225. The Morgan fingerprint density at radius 1 is 1.24 bits per heavy atom. The summed E-state index contributed by atoms with van der Waals surface area (Å²) in [5.74, 6) is 2.66. The van der Waals surface area contributed by atoms with Crippen molar-refractivity contribution in [2.75, 3.05) is 0 Å². The second-order valence-corrected chi connectivity index (χ2v) is 6.20. The van der Waals surface area contributed by atoms with E-state index in [9.17, 15) is 5.11 Å². The van der Waals surface area contributed by atoms with Crippen LogP contribution < -0.4 is 0 Å². The Morgan fingerprint density at radius 2 is 1.94 bits per heavy atom. The molecule has 1 aliphatic rings. The molecule has 1 fully saturated rings. The molecule has 1 nitrogen and oxygen atoms in total. The minimum atomic E-state index is -0.225. The van der Waals surface area contributed by atoms with Crippen LogP contribution in [0.2, 0.25) is 0 Å². The van der Waals surface area contributed by atoms with Gasteiger partial charge in [0.25, 0.3) is 0 Å². The quantitative estimate of drug-likeness (QED) is 0.703. The maximum atomic E-state index is 10.4.